The van der Waals surface area contributed by atoms with Crippen LogP contribution in [0.2, 0.25) is 0 Å². The van der Waals surface area contributed by atoms with Gasteiger partial charge >= 0.3 is 12.2 Å². The second-order valence-corrected chi connectivity index (χ2v) is 5.40. The first-order valence-corrected chi connectivity index (χ1v) is 6.77. The fourth-order valence-electron chi connectivity index (χ4n) is 1.35. The van der Waals surface area contributed by atoms with Gasteiger partial charge in [-0.05, 0) is 30.7 Å². The Bertz CT molecular complexity index is 613. The normalized spacial score (nSPS) is 12.1. The summed E-state index contributed by atoms with van der Waals surface area (Å²) in [4.78, 5) is 11.3. The van der Waals surface area contributed by atoms with Crippen molar-refractivity contribution in [3.05, 3.63) is 29.3 Å². The van der Waals surface area contributed by atoms with Crippen LogP contribution in [-0.2, 0) is 16.3 Å². The van der Waals surface area contributed by atoms with Gasteiger partial charge in [0.2, 0.25) is 0 Å². The number of nitrogens with one attached hydrogen (secondary N) is 2. The molecule has 0 aliphatic carbocycles. The number of carbonyl (C=O) groups is 1. The molecule has 112 valence electrons. The molecule has 10 heteroatoms. The molecule has 0 spiro atoms. The first kappa shape index (κ1) is 16.2. The third-order valence-electron chi connectivity index (χ3n) is 2.08. The van der Waals surface area contributed by atoms with Crippen molar-refractivity contribution in [2.45, 2.75) is 13.1 Å². The van der Waals surface area contributed by atoms with E-state index < -0.39 is 33.8 Å². The van der Waals surface area contributed by atoms with Crippen LogP contribution in [0.3, 0.4) is 0 Å². The van der Waals surface area contributed by atoms with Gasteiger partial charge in [0.05, 0.1) is 5.56 Å². The van der Waals surface area contributed by atoms with Gasteiger partial charge in [-0.1, -0.05) is 0 Å². The number of hydrogen-bond donors (Lipinski definition) is 3. The van der Waals surface area contributed by atoms with Crippen LogP contribution in [0.1, 0.15) is 11.1 Å². The molecular weight excluding hydrogens is 301 g/mol. The molecule has 1 aromatic rings. The summed E-state index contributed by atoms with van der Waals surface area (Å²) in [6.45, 7) is 1.41. The number of anilines is 1. The predicted octanol–water partition coefficient (Wildman–Crippen LogP) is 1.98. The van der Waals surface area contributed by atoms with Gasteiger partial charge in [0, 0.05) is 5.69 Å². The molecule has 0 aromatic heterocycles. The molecule has 0 unspecified atom stereocenters. The fraction of sp³-hybridized carbons (Fsp3) is 0.300. The molecule has 2 amide bonds. The van der Waals surface area contributed by atoms with E-state index in [1.807, 2.05) is 5.32 Å². The van der Waals surface area contributed by atoms with Gasteiger partial charge in [-0.15, -0.1) is 0 Å². The molecule has 20 heavy (non-hydrogen) atoms. The van der Waals surface area contributed by atoms with Crippen molar-refractivity contribution < 1.29 is 30.9 Å². The molecule has 0 saturated carbocycles. The van der Waals surface area contributed by atoms with E-state index in [1.165, 1.54) is 13.0 Å². The van der Waals surface area contributed by atoms with E-state index in [1.54, 1.807) is 5.32 Å². The molecule has 1 rings (SSSR count). The highest BCUT2D eigenvalue weighted by atomic mass is 32.2. The zero-order valence-electron chi connectivity index (χ0n) is 10.2. The Hall–Kier alpha value is -1.81. The Kier molecular flexibility index (Phi) is 4.61. The summed E-state index contributed by atoms with van der Waals surface area (Å²) < 4.78 is 66.8. The molecule has 0 atom stereocenters. The SMILES string of the molecule is Cc1cc(NC(=O)NCS(=O)(=O)O)cc(C(F)(F)F)c1. The van der Waals surface area contributed by atoms with Gasteiger partial charge in [0.15, 0.2) is 0 Å². The van der Waals surface area contributed by atoms with Gasteiger partial charge in [-0.25, -0.2) is 4.79 Å². The van der Waals surface area contributed by atoms with Crippen molar-refractivity contribution in [2.75, 3.05) is 11.2 Å². The van der Waals surface area contributed by atoms with Crippen LogP contribution in [0, 0.1) is 6.92 Å². The Morgan fingerprint density at radius 3 is 2.40 bits per heavy atom. The van der Waals surface area contributed by atoms with Crippen LogP contribution in [-0.4, -0.2) is 24.9 Å². The summed E-state index contributed by atoms with van der Waals surface area (Å²) >= 11 is 0. The second-order valence-electron chi connectivity index (χ2n) is 3.94. The lowest BCUT2D eigenvalue weighted by molar-refractivity contribution is -0.137. The molecule has 1 aromatic carbocycles. The molecular formula is C10H11F3N2O4S. The number of amides is 2. The third-order valence-corrected chi connectivity index (χ3v) is 2.59. The van der Waals surface area contributed by atoms with E-state index in [0.29, 0.717) is 6.07 Å². The van der Waals surface area contributed by atoms with Crippen molar-refractivity contribution in [1.82, 2.24) is 5.32 Å². The van der Waals surface area contributed by atoms with Crippen LogP contribution >= 0.6 is 0 Å². The Morgan fingerprint density at radius 1 is 1.30 bits per heavy atom. The molecule has 3 N–H and O–H groups in total. The van der Waals surface area contributed by atoms with Crippen molar-refractivity contribution in [3.63, 3.8) is 0 Å². The van der Waals surface area contributed by atoms with Crippen LogP contribution in [0.5, 0.6) is 0 Å². The zero-order chi connectivity index (χ0) is 15.6. The van der Waals surface area contributed by atoms with E-state index >= 15 is 0 Å². The van der Waals surface area contributed by atoms with Gasteiger partial charge < -0.3 is 10.6 Å². The highest BCUT2D eigenvalue weighted by Gasteiger charge is 2.31. The number of benzene rings is 1. The van der Waals surface area contributed by atoms with Crippen molar-refractivity contribution in [3.8, 4) is 0 Å². The summed E-state index contributed by atoms with van der Waals surface area (Å²) in [6, 6.07) is 1.84. The largest absolute Gasteiger partial charge is 0.416 e. The lowest BCUT2D eigenvalue weighted by Gasteiger charge is -2.11. The minimum Gasteiger partial charge on any atom is -0.321 e. The van der Waals surface area contributed by atoms with E-state index in [9.17, 15) is 26.4 Å². The molecule has 0 bridgehead atoms. The van der Waals surface area contributed by atoms with Gasteiger partial charge in [-0.3, -0.25) is 4.55 Å². The lowest BCUT2D eigenvalue weighted by atomic mass is 10.1. The first-order valence-electron chi connectivity index (χ1n) is 5.16. The monoisotopic (exact) mass is 312 g/mol. The van der Waals surface area contributed by atoms with Crippen LogP contribution < -0.4 is 10.6 Å². The van der Waals surface area contributed by atoms with Crippen LogP contribution in [0.25, 0.3) is 0 Å². The Balaban J connectivity index is 2.83. The fourth-order valence-corrected chi connectivity index (χ4v) is 1.66. The number of halogens is 3. The zero-order valence-corrected chi connectivity index (χ0v) is 11.0. The topological polar surface area (TPSA) is 95.5 Å². The average Bonchev–Trinajstić information content (AvgIpc) is 2.23. The number of alkyl halides is 3. The second kappa shape index (κ2) is 5.67. The minimum absolute atomic E-state index is 0.148. The van der Waals surface area contributed by atoms with Crippen molar-refractivity contribution in [2.24, 2.45) is 0 Å². The summed E-state index contributed by atoms with van der Waals surface area (Å²) in [6.07, 6.45) is -4.56. The maximum absolute atomic E-state index is 12.5. The maximum Gasteiger partial charge on any atom is 0.416 e. The van der Waals surface area contributed by atoms with E-state index in [4.69, 9.17) is 4.55 Å². The highest BCUT2D eigenvalue weighted by molar-refractivity contribution is 7.85. The number of rotatable bonds is 3. The van der Waals surface area contributed by atoms with Gasteiger partial charge in [0.1, 0.15) is 5.88 Å². The number of urea groups is 1. The number of carbonyl (C=O) groups excluding carboxylic acids is 1. The molecule has 0 heterocycles. The summed E-state index contributed by atoms with van der Waals surface area (Å²) in [5.74, 6) is -1.04. The van der Waals surface area contributed by atoms with Crippen molar-refractivity contribution >= 4 is 21.8 Å². The van der Waals surface area contributed by atoms with E-state index in [0.717, 1.165) is 6.07 Å². The molecule has 0 aliphatic heterocycles. The predicted molar refractivity (Wildman–Crippen MR) is 64.8 cm³/mol. The smallest absolute Gasteiger partial charge is 0.321 e. The van der Waals surface area contributed by atoms with Gasteiger partial charge in [0.25, 0.3) is 10.1 Å². The highest BCUT2D eigenvalue weighted by Crippen LogP contribution is 2.31. The first-order chi connectivity index (χ1) is 8.97. The summed E-state index contributed by atoms with van der Waals surface area (Å²) in [5, 5.41) is 3.82. The average molecular weight is 312 g/mol. The van der Waals surface area contributed by atoms with Crippen LogP contribution in [0.15, 0.2) is 18.2 Å². The third kappa shape index (κ3) is 5.45. The molecule has 0 radical (unpaired) electrons. The number of hydrogen-bond acceptors (Lipinski definition) is 3. The Morgan fingerprint density at radius 2 is 1.90 bits per heavy atom. The quantitative estimate of drug-likeness (QED) is 0.744. The number of aryl methyl sites for hydroxylation is 1. The van der Waals surface area contributed by atoms with E-state index in [2.05, 4.69) is 0 Å². The lowest BCUT2D eigenvalue weighted by Crippen LogP contribution is -2.33. The minimum atomic E-state index is -4.56. The Labute approximate surface area is 112 Å². The van der Waals surface area contributed by atoms with Crippen LogP contribution in [0.4, 0.5) is 23.7 Å². The summed E-state index contributed by atoms with van der Waals surface area (Å²) in [5.41, 5.74) is -0.822. The van der Waals surface area contributed by atoms with Crippen molar-refractivity contribution in [1.29, 1.82) is 0 Å². The maximum atomic E-state index is 12.5. The molecule has 6 nitrogen and oxygen atoms in total. The van der Waals surface area contributed by atoms with Gasteiger partial charge in [-0.2, -0.15) is 21.6 Å². The molecule has 0 saturated heterocycles. The standard InChI is InChI=1S/C10H11F3N2O4S/c1-6-2-7(10(11,12)13)4-8(3-6)15-9(16)14-5-20(17,18)19/h2-4H,5H2,1H3,(H2,14,15,16)(H,17,18,19). The summed E-state index contributed by atoms with van der Waals surface area (Å²) in [7, 11) is -4.40. The molecule has 0 fully saturated rings. The molecule has 0 aliphatic rings. The van der Waals surface area contributed by atoms with E-state index in [-0.39, 0.29) is 11.3 Å².